The summed E-state index contributed by atoms with van der Waals surface area (Å²) >= 11 is 0. The molecular weight excluding hydrogens is 272 g/mol. The average Bonchev–Trinajstić information content (AvgIpc) is 3.04. The highest BCUT2D eigenvalue weighted by molar-refractivity contribution is 5.80. The SMILES string of the molecule is CN=C(NCc1ccc2c(c1)CCCN2C)NC1CC=CC1. The molecule has 1 aliphatic carbocycles. The Hall–Kier alpha value is -1.97. The van der Waals surface area contributed by atoms with Gasteiger partial charge in [-0.25, -0.2) is 0 Å². The fourth-order valence-electron chi connectivity index (χ4n) is 3.26. The monoisotopic (exact) mass is 298 g/mol. The van der Waals surface area contributed by atoms with Crippen molar-refractivity contribution < 1.29 is 0 Å². The van der Waals surface area contributed by atoms with E-state index in [1.165, 1.54) is 29.7 Å². The largest absolute Gasteiger partial charge is 0.374 e. The summed E-state index contributed by atoms with van der Waals surface area (Å²) in [7, 11) is 4.01. The molecule has 0 radical (unpaired) electrons. The molecule has 0 spiro atoms. The fraction of sp³-hybridized carbons (Fsp3) is 0.500. The van der Waals surface area contributed by atoms with Crippen LogP contribution in [0.2, 0.25) is 0 Å². The summed E-state index contributed by atoms with van der Waals surface area (Å²) in [5, 5.41) is 6.90. The van der Waals surface area contributed by atoms with E-state index in [0.717, 1.165) is 31.9 Å². The van der Waals surface area contributed by atoms with Crippen molar-refractivity contribution in [2.75, 3.05) is 25.5 Å². The molecule has 0 bridgehead atoms. The molecule has 1 aromatic rings. The van der Waals surface area contributed by atoms with Crippen LogP contribution in [-0.2, 0) is 13.0 Å². The average molecular weight is 298 g/mol. The van der Waals surface area contributed by atoms with Crippen LogP contribution in [0, 0.1) is 0 Å². The van der Waals surface area contributed by atoms with Crippen molar-refractivity contribution in [3.63, 3.8) is 0 Å². The summed E-state index contributed by atoms with van der Waals surface area (Å²) < 4.78 is 0. The van der Waals surface area contributed by atoms with Gasteiger partial charge in [0.2, 0.25) is 0 Å². The molecule has 2 N–H and O–H groups in total. The van der Waals surface area contributed by atoms with Gasteiger partial charge >= 0.3 is 0 Å². The number of fused-ring (bicyclic) bond motifs is 1. The standard InChI is InChI=1S/C18H26N4/c1-19-18(21-16-7-3-4-8-16)20-13-14-9-10-17-15(12-14)6-5-11-22(17)2/h3-4,9-10,12,16H,5-8,11,13H2,1-2H3,(H2,19,20,21). The van der Waals surface area contributed by atoms with E-state index in [2.05, 4.69) is 57.9 Å². The van der Waals surface area contributed by atoms with E-state index in [1.807, 2.05) is 7.05 Å². The van der Waals surface area contributed by atoms with Crippen LogP contribution >= 0.6 is 0 Å². The second-order valence-electron chi connectivity index (χ2n) is 6.20. The molecule has 4 heteroatoms. The highest BCUT2D eigenvalue weighted by atomic mass is 15.2. The molecule has 0 aromatic heterocycles. The Morgan fingerprint density at radius 1 is 1.32 bits per heavy atom. The minimum atomic E-state index is 0.489. The highest BCUT2D eigenvalue weighted by Crippen LogP contribution is 2.26. The number of rotatable bonds is 3. The lowest BCUT2D eigenvalue weighted by Gasteiger charge is -2.28. The minimum absolute atomic E-state index is 0.489. The molecular formula is C18H26N4. The summed E-state index contributed by atoms with van der Waals surface area (Å²) in [4.78, 5) is 6.68. The van der Waals surface area contributed by atoms with Crippen molar-refractivity contribution in [1.29, 1.82) is 0 Å². The molecule has 0 atom stereocenters. The van der Waals surface area contributed by atoms with Crippen LogP contribution in [0.1, 0.15) is 30.4 Å². The van der Waals surface area contributed by atoms with Crippen LogP contribution in [0.5, 0.6) is 0 Å². The molecule has 3 rings (SSSR count). The number of guanidine groups is 1. The van der Waals surface area contributed by atoms with Crippen LogP contribution in [0.25, 0.3) is 0 Å². The van der Waals surface area contributed by atoms with Crippen LogP contribution < -0.4 is 15.5 Å². The normalized spacial score (nSPS) is 18.5. The maximum atomic E-state index is 4.32. The zero-order chi connectivity index (χ0) is 15.4. The Labute approximate surface area is 133 Å². The van der Waals surface area contributed by atoms with E-state index in [4.69, 9.17) is 0 Å². The number of benzene rings is 1. The minimum Gasteiger partial charge on any atom is -0.374 e. The van der Waals surface area contributed by atoms with Gasteiger partial charge in [-0.15, -0.1) is 0 Å². The second kappa shape index (κ2) is 6.86. The third-order valence-corrected chi connectivity index (χ3v) is 4.53. The first kappa shape index (κ1) is 14.9. The first-order valence-corrected chi connectivity index (χ1v) is 8.21. The van der Waals surface area contributed by atoms with E-state index < -0.39 is 0 Å². The third-order valence-electron chi connectivity index (χ3n) is 4.53. The number of hydrogen-bond donors (Lipinski definition) is 2. The third kappa shape index (κ3) is 3.43. The van der Waals surface area contributed by atoms with E-state index in [-0.39, 0.29) is 0 Å². The van der Waals surface area contributed by atoms with Gasteiger partial charge in [-0.3, -0.25) is 4.99 Å². The van der Waals surface area contributed by atoms with Crippen molar-refractivity contribution in [1.82, 2.24) is 10.6 Å². The molecule has 0 saturated carbocycles. The highest BCUT2D eigenvalue weighted by Gasteiger charge is 2.14. The van der Waals surface area contributed by atoms with Crippen molar-refractivity contribution >= 4 is 11.6 Å². The van der Waals surface area contributed by atoms with E-state index >= 15 is 0 Å². The lowest BCUT2D eigenvalue weighted by Crippen LogP contribution is -2.42. The van der Waals surface area contributed by atoms with Gasteiger partial charge in [-0.1, -0.05) is 24.3 Å². The Morgan fingerprint density at radius 2 is 2.14 bits per heavy atom. The number of anilines is 1. The molecule has 22 heavy (non-hydrogen) atoms. The van der Waals surface area contributed by atoms with Gasteiger partial charge in [0, 0.05) is 38.9 Å². The van der Waals surface area contributed by atoms with Gasteiger partial charge < -0.3 is 15.5 Å². The van der Waals surface area contributed by atoms with Crippen LogP contribution in [-0.4, -0.2) is 32.6 Å². The molecule has 0 unspecified atom stereocenters. The Kier molecular flexibility index (Phi) is 4.66. The second-order valence-corrected chi connectivity index (χ2v) is 6.20. The Balaban J connectivity index is 1.58. The zero-order valence-corrected chi connectivity index (χ0v) is 13.6. The number of nitrogens with one attached hydrogen (secondary N) is 2. The molecule has 118 valence electrons. The van der Waals surface area contributed by atoms with Crippen LogP contribution in [0.15, 0.2) is 35.3 Å². The van der Waals surface area contributed by atoms with Crippen LogP contribution in [0.3, 0.4) is 0 Å². The molecule has 1 aliphatic heterocycles. The van der Waals surface area contributed by atoms with E-state index in [9.17, 15) is 0 Å². The van der Waals surface area contributed by atoms with Gasteiger partial charge in [-0.05, 0) is 42.9 Å². The Morgan fingerprint density at radius 3 is 2.91 bits per heavy atom. The van der Waals surface area contributed by atoms with Crippen molar-refractivity contribution in [3.05, 3.63) is 41.5 Å². The lowest BCUT2D eigenvalue weighted by atomic mass is 9.99. The predicted octanol–water partition coefficient (Wildman–Crippen LogP) is 2.45. The first-order valence-electron chi connectivity index (χ1n) is 8.21. The van der Waals surface area contributed by atoms with Crippen molar-refractivity contribution in [3.8, 4) is 0 Å². The van der Waals surface area contributed by atoms with Gasteiger partial charge in [0.15, 0.2) is 5.96 Å². The number of hydrogen-bond acceptors (Lipinski definition) is 2. The van der Waals surface area contributed by atoms with Gasteiger partial charge in [0.25, 0.3) is 0 Å². The van der Waals surface area contributed by atoms with Crippen LogP contribution in [0.4, 0.5) is 5.69 Å². The summed E-state index contributed by atoms with van der Waals surface area (Å²) in [6.45, 7) is 1.98. The lowest BCUT2D eigenvalue weighted by molar-refractivity contribution is 0.633. The topological polar surface area (TPSA) is 39.7 Å². The van der Waals surface area contributed by atoms with Gasteiger partial charge in [-0.2, -0.15) is 0 Å². The Bertz CT molecular complexity index is 568. The zero-order valence-electron chi connectivity index (χ0n) is 13.6. The quantitative estimate of drug-likeness (QED) is 0.511. The summed E-state index contributed by atoms with van der Waals surface area (Å²) in [5.41, 5.74) is 4.17. The maximum absolute atomic E-state index is 4.32. The van der Waals surface area contributed by atoms with Gasteiger partial charge in [0.1, 0.15) is 0 Å². The molecule has 1 heterocycles. The molecule has 0 fully saturated rings. The molecule has 2 aliphatic rings. The predicted molar refractivity (Wildman–Crippen MR) is 93.5 cm³/mol. The van der Waals surface area contributed by atoms with Crippen molar-refractivity contribution in [2.45, 2.75) is 38.3 Å². The number of aryl methyl sites for hydroxylation is 1. The van der Waals surface area contributed by atoms with E-state index in [1.54, 1.807) is 0 Å². The maximum Gasteiger partial charge on any atom is 0.191 e. The number of nitrogens with zero attached hydrogens (tertiary/aromatic N) is 2. The first-order chi connectivity index (χ1) is 10.8. The molecule has 4 nitrogen and oxygen atoms in total. The van der Waals surface area contributed by atoms with Gasteiger partial charge in [0.05, 0.1) is 0 Å². The van der Waals surface area contributed by atoms with Crippen molar-refractivity contribution in [2.24, 2.45) is 4.99 Å². The summed E-state index contributed by atoms with van der Waals surface area (Å²) in [6, 6.07) is 7.30. The summed E-state index contributed by atoms with van der Waals surface area (Å²) in [6.07, 6.45) is 9.07. The number of aliphatic imine (C=N–C) groups is 1. The molecule has 0 saturated heterocycles. The smallest absolute Gasteiger partial charge is 0.191 e. The fourth-order valence-corrected chi connectivity index (χ4v) is 3.26. The molecule has 0 amide bonds. The molecule has 1 aromatic carbocycles. The summed E-state index contributed by atoms with van der Waals surface area (Å²) in [5.74, 6) is 0.892. The van der Waals surface area contributed by atoms with E-state index in [0.29, 0.717) is 6.04 Å².